The molecule has 59 heavy (non-hydrogen) atoms. The predicted octanol–water partition coefficient (Wildman–Crippen LogP) is 4.84. The van der Waals surface area contributed by atoms with Crippen molar-refractivity contribution in [1.29, 1.82) is 0 Å². The molecule has 1 saturated heterocycles. The number of hydrogen-bond donors (Lipinski definition) is 4. The monoisotopic (exact) mass is 816 g/mol. The lowest BCUT2D eigenvalue weighted by molar-refractivity contribution is -0.146. The van der Waals surface area contributed by atoms with Crippen LogP contribution in [0, 0.1) is 23.2 Å². The number of likely N-dealkylation sites (N-methyl/N-ethyl adjacent to an activating group) is 1. The number of carbonyl (C=O) groups is 4. The van der Waals surface area contributed by atoms with Gasteiger partial charge in [0, 0.05) is 48.8 Å². The smallest absolute Gasteiger partial charge is 0.408 e. The SMILES string of the molecule is CCC1CC1(NC(=O)C1C[C@@H](Oc2cc(-n3ccc(NC(C)C)n3)nc3cc(OCCN(C)C)ccc23)CN1C(=O)[C@@H](NC(=O)OC1CC2CC2C1)C(C)(C)C)C(=O)O. The number of rotatable bonds is 16. The molecule has 5 unspecified atom stereocenters. The van der Waals surface area contributed by atoms with Gasteiger partial charge in [-0.25, -0.2) is 19.3 Å². The maximum Gasteiger partial charge on any atom is 0.408 e. The largest absolute Gasteiger partial charge is 0.492 e. The molecule has 7 atom stereocenters. The molecule has 16 heteroatoms. The molecule has 4 aliphatic rings. The van der Waals surface area contributed by atoms with E-state index < -0.39 is 53.0 Å². The van der Waals surface area contributed by atoms with Crippen molar-refractivity contribution in [2.45, 2.75) is 116 Å². The second-order valence-corrected chi connectivity index (χ2v) is 18.5. The summed E-state index contributed by atoms with van der Waals surface area (Å²) in [6.07, 6.45) is 4.05. The number of aliphatic carboxylic acids is 1. The number of pyridine rings is 1. The highest BCUT2D eigenvalue weighted by atomic mass is 16.6. The van der Waals surface area contributed by atoms with Crippen molar-refractivity contribution < 1.29 is 38.5 Å². The van der Waals surface area contributed by atoms with E-state index >= 15 is 0 Å². The average molecular weight is 817 g/mol. The molecule has 4 fully saturated rings. The Morgan fingerprint density at radius 1 is 1.03 bits per heavy atom. The summed E-state index contributed by atoms with van der Waals surface area (Å²) in [5.74, 6) is 1.07. The van der Waals surface area contributed by atoms with Gasteiger partial charge in [-0.3, -0.25) is 9.59 Å². The van der Waals surface area contributed by atoms with Crippen molar-refractivity contribution in [3.63, 3.8) is 0 Å². The number of anilines is 1. The normalized spacial score (nSPS) is 26.4. The molecule has 0 bridgehead atoms. The van der Waals surface area contributed by atoms with Gasteiger partial charge >= 0.3 is 12.1 Å². The molecule has 3 saturated carbocycles. The maximum atomic E-state index is 14.7. The van der Waals surface area contributed by atoms with Crippen molar-refractivity contribution in [2.75, 3.05) is 39.1 Å². The second-order valence-electron chi connectivity index (χ2n) is 18.5. The number of nitrogens with one attached hydrogen (secondary N) is 3. The van der Waals surface area contributed by atoms with E-state index in [4.69, 9.17) is 19.2 Å². The summed E-state index contributed by atoms with van der Waals surface area (Å²) < 4.78 is 20.2. The number of aromatic nitrogens is 3. The van der Waals surface area contributed by atoms with E-state index in [0.29, 0.717) is 65.3 Å². The minimum atomic E-state index is -1.40. The Labute approximate surface area is 345 Å². The summed E-state index contributed by atoms with van der Waals surface area (Å²) in [6, 6.07) is 7.24. The van der Waals surface area contributed by atoms with Crippen molar-refractivity contribution in [3.8, 4) is 17.3 Å². The first kappa shape index (κ1) is 42.0. The Kier molecular flexibility index (Phi) is 11.8. The van der Waals surface area contributed by atoms with E-state index in [0.717, 1.165) is 19.4 Å². The number of nitrogens with zero attached hydrogens (tertiary/aromatic N) is 5. The van der Waals surface area contributed by atoms with E-state index in [1.165, 1.54) is 11.3 Å². The topological polar surface area (TPSA) is 189 Å². The molecule has 3 aliphatic carbocycles. The van der Waals surface area contributed by atoms with Crippen molar-refractivity contribution in [2.24, 2.45) is 23.2 Å². The summed E-state index contributed by atoms with van der Waals surface area (Å²) in [5.41, 5.74) is -1.58. The number of carboxylic acids is 1. The molecule has 2 aromatic heterocycles. The Bertz CT molecular complexity index is 2050. The third kappa shape index (κ3) is 9.37. The van der Waals surface area contributed by atoms with E-state index in [-0.39, 0.29) is 31.0 Å². The van der Waals surface area contributed by atoms with Gasteiger partial charge in [0.1, 0.15) is 53.8 Å². The Hall–Kier alpha value is -5.12. The van der Waals surface area contributed by atoms with Crippen LogP contribution in [0.3, 0.4) is 0 Å². The third-order valence-electron chi connectivity index (χ3n) is 12.1. The molecule has 3 heterocycles. The highest BCUT2D eigenvalue weighted by Crippen LogP contribution is 2.52. The van der Waals surface area contributed by atoms with Crippen LogP contribution >= 0.6 is 0 Å². The van der Waals surface area contributed by atoms with Crippen molar-refractivity contribution >= 4 is 40.6 Å². The Morgan fingerprint density at radius 2 is 1.78 bits per heavy atom. The van der Waals surface area contributed by atoms with Gasteiger partial charge < -0.3 is 45.1 Å². The van der Waals surface area contributed by atoms with Gasteiger partial charge in [0.15, 0.2) is 5.82 Å². The molecule has 320 valence electrons. The first-order valence-electron chi connectivity index (χ1n) is 21.0. The highest BCUT2D eigenvalue weighted by molar-refractivity contribution is 5.96. The zero-order chi connectivity index (χ0) is 42.4. The van der Waals surface area contributed by atoms with Crippen LogP contribution in [-0.4, -0.2) is 123 Å². The quantitative estimate of drug-likeness (QED) is 0.154. The fourth-order valence-corrected chi connectivity index (χ4v) is 8.66. The van der Waals surface area contributed by atoms with Gasteiger partial charge in [-0.05, 0) is 88.9 Å². The first-order chi connectivity index (χ1) is 27.9. The van der Waals surface area contributed by atoms with Crippen LogP contribution < -0.4 is 25.4 Å². The van der Waals surface area contributed by atoms with Crippen molar-refractivity contribution in [3.05, 3.63) is 36.5 Å². The van der Waals surface area contributed by atoms with E-state index in [1.54, 1.807) is 16.9 Å². The molecule has 1 aromatic carbocycles. The minimum absolute atomic E-state index is 0.00139. The van der Waals surface area contributed by atoms with Crippen molar-refractivity contribution in [1.82, 2.24) is 35.2 Å². The van der Waals surface area contributed by atoms with Gasteiger partial charge in [0.2, 0.25) is 11.8 Å². The predicted molar refractivity (Wildman–Crippen MR) is 221 cm³/mol. The fraction of sp³-hybridized carbons (Fsp3) is 0.628. The van der Waals surface area contributed by atoms with E-state index in [2.05, 4.69) is 21.0 Å². The second kappa shape index (κ2) is 16.5. The van der Waals surface area contributed by atoms with Crippen LogP contribution in [0.15, 0.2) is 36.5 Å². The minimum Gasteiger partial charge on any atom is -0.492 e. The first-order valence-corrected chi connectivity index (χ1v) is 21.0. The average Bonchev–Trinajstić information content (AvgIpc) is 3.83. The lowest BCUT2D eigenvalue weighted by Crippen LogP contribution is -2.59. The van der Waals surface area contributed by atoms with Gasteiger partial charge in [0.05, 0.1) is 12.1 Å². The zero-order valence-electron chi connectivity index (χ0n) is 35.5. The fourth-order valence-electron chi connectivity index (χ4n) is 8.66. The van der Waals surface area contributed by atoms with Crippen LogP contribution in [0.25, 0.3) is 16.7 Å². The molecule has 0 radical (unpaired) electrons. The Balaban J connectivity index is 1.19. The molecular weight excluding hydrogens is 757 g/mol. The van der Waals surface area contributed by atoms with Crippen LogP contribution in [0.4, 0.5) is 10.6 Å². The lowest BCUT2D eigenvalue weighted by atomic mass is 9.85. The molecule has 3 aromatic rings. The standard InChI is InChI=1S/C43H60N8O8/c1-9-27-22-43(27,40(54)55)47-38(52)33-20-30(23-50(33)39(53)37(42(4,5)6)46-41(56)59-29-17-25-16-26(25)18-29)58-34-21-36(51-13-12-35(48-51)44-24(2)3)45-32-19-28(10-11-31(32)34)57-15-14-49(7)8/h10-13,19,21,24-27,29-30,33,37H,9,14-18,20,22-23H2,1-8H3,(H,44,48)(H,46,56)(H,47,52)(H,54,55)/t25?,26?,27?,29?,30-,33?,37-,43?/m1/s1. The number of alkyl carbamates (subject to hydrolysis) is 1. The summed E-state index contributed by atoms with van der Waals surface area (Å²) in [4.78, 5) is 63.1. The van der Waals surface area contributed by atoms with Gasteiger partial charge in [0.25, 0.3) is 0 Å². The van der Waals surface area contributed by atoms with E-state index in [1.807, 2.05) is 84.8 Å². The summed E-state index contributed by atoms with van der Waals surface area (Å²) in [7, 11) is 3.95. The van der Waals surface area contributed by atoms with Gasteiger partial charge in [-0.15, -0.1) is 5.10 Å². The number of fused-ring (bicyclic) bond motifs is 2. The number of hydrogen-bond acceptors (Lipinski definition) is 11. The van der Waals surface area contributed by atoms with Crippen LogP contribution in [-0.2, 0) is 19.1 Å². The highest BCUT2D eigenvalue weighted by Gasteiger charge is 2.61. The van der Waals surface area contributed by atoms with E-state index in [9.17, 15) is 24.3 Å². The lowest BCUT2D eigenvalue weighted by Gasteiger charge is -2.35. The van der Waals surface area contributed by atoms with Gasteiger partial charge in [-0.2, -0.15) is 0 Å². The maximum absolute atomic E-state index is 14.7. The van der Waals surface area contributed by atoms with Gasteiger partial charge in [-0.1, -0.05) is 34.1 Å². The molecule has 16 nitrogen and oxygen atoms in total. The summed E-state index contributed by atoms with van der Waals surface area (Å²) >= 11 is 0. The number of carbonyl (C=O) groups excluding carboxylic acids is 3. The zero-order valence-corrected chi connectivity index (χ0v) is 35.5. The number of likely N-dealkylation sites (tertiary alicyclic amines) is 1. The molecule has 0 spiro atoms. The molecule has 3 amide bonds. The number of ether oxygens (including phenoxy) is 3. The number of benzene rings is 1. The number of amides is 3. The summed E-state index contributed by atoms with van der Waals surface area (Å²) in [6.45, 7) is 12.7. The third-order valence-corrected chi connectivity index (χ3v) is 12.1. The Morgan fingerprint density at radius 3 is 2.42 bits per heavy atom. The molecule has 1 aliphatic heterocycles. The molecule has 7 rings (SSSR count). The van der Waals surface area contributed by atoms with Crippen LogP contribution in [0.5, 0.6) is 11.5 Å². The summed E-state index contributed by atoms with van der Waals surface area (Å²) in [5, 5.41) is 24.5. The van der Waals surface area contributed by atoms with Crippen LogP contribution in [0.1, 0.15) is 80.1 Å². The molecule has 4 N–H and O–H groups in total. The number of carboxylic acid groups (broad SMARTS) is 1. The molecular formula is C43H60N8O8. The van der Waals surface area contributed by atoms with Crippen LogP contribution in [0.2, 0.25) is 0 Å².